The highest BCUT2D eigenvalue weighted by Crippen LogP contribution is 2.45. The number of hydrogen-bond donors (Lipinski definition) is 3. The van der Waals surface area contributed by atoms with Crippen LogP contribution < -0.4 is 21.9 Å². The minimum Gasteiger partial charge on any atom is -0.392 e. The van der Waals surface area contributed by atoms with Gasteiger partial charge in [0.1, 0.15) is 11.5 Å². The van der Waals surface area contributed by atoms with Crippen molar-refractivity contribution in [2.75, 3.05) is 11.1 Å². The van der Waals surface area contributed by atoms with E-state index in [1.54, 1.807) is 0 Å². The molecule has 1 aromatic carbocycles. The normalized spacial score (nSPS) is 20.2. The van der Waals surface area contributed by atoms with Crippen molar-refractivity contribution in [3.05, 3.63) is 50.9 Å². The number of amides is 2. The minimum atomic E-state index is -5.01. The highest BCUT2D eigenvalue weighted by molar-refractivity contribution is 6.31. The molecular weight excluding hydrogens is 442 g/mol. The van der Waals surface area contributed by atoms with E-state index in [-0.39, 0.29) is 28.0 Å². The third-order valence-electron chi connectivity index (χ3n) is 4.97. The van der Waals surface area contributed by atoms with Gasteiger partial charge in [0.25, 0.3) is 5.56 Å². The predicted molar refractivity (Wildman–Crippen MR) is 104 cm³/mol. The highest BCUT2D eigenvalue weighted by atomic mass is 35.5. The Morgan fingerprint density at radius 2 is 2.03 bits per heavy atom. The standard InChI is InChI=1S/C19H14ClF4N5O2/c20-15-14(25)16(30)29(8-26-15)7-10-5-13-11(6-12(10)21)18(19(22,23)24,28-17(31)27-13)4-3-9-1-2-9/h5-6,8-9H,1-2,7,25H2,(H2,27,28,31). The van der Waals surface area contributed by atoms with E-state index >= 15 is 0 Å². The van der Waals surface area contributed by atoms with Gasteiger partial charge in [-0.15, -0.1) is 0 Å². The van der Waals surface area contributed by atoms with E-state index in [2.05, 4.69) is 22.1 Å². The number of nitrogen functional groups attached to an aromatic ring is 1. The molecule has 1 aliphatic carbocycles. The summed E-state index contributed by atoms with van der Waals surface area (Å²) >= 11 is 5.66. The Hall–Kier alpha value is -3.26. The van der Waals surface area contributed by atoms with Crippen molar-refractivity contribution < 1.29 is 22.4 Å². The first-order valence-corrected chi connectivity index (χ1v) is 9.41. The summed E-state index contributed by atoms with van der Waals surface area (Å²) in [5.74, 6) is 3.43. The third kappa shape index (κ3) is 3.67. The second-order valence-corrected chi connectivity index (χ2v) is 7.60. The minimum absolute atomic E-state index is 0.169. The molecule has 1 aromatic heterocycles. The second kappa shape index (κ2) is 7.16. The quantitative estimate of drug-likeness (QED) is 0.368. The summed E-state index contributed by atoms with van der Waals surface area (Å²) in [6.45, 7) is -0.400. The first-order chi connectivity index (χ1) is 14.5. The zero-order chi connectivity index (χ0) is 22.6. The summed E-state index contributed by atoms with van der Waals surface area (Å²) in [7, 11) is 0. The Morgan fingerprint density at radius 1 is 1.32 bits per heavy atom. The fraction of sp³-hybridized carbons (Fsp3) is 0.316. The Labute approximate surface area is 177 Å². The van der Waals surface area contributed by atoms with Gasteiger partial charge in [0.15, 0.2) is 5.15 Å². The van der Waals surface area contributed by atoms with Gasteiger partial charge in [-0.05, 0) is 25.0 Å². The molecule has 2 heterocycles. The van der Waals surface area contributed by atoms with Crippen molar-refractivity contribution in [3.8, 4) is 11.8 Å². The number of anilines is 2. The van der Waals surface area contributed by atoms with Crippen LogP contribution in [0.15, 0.2) is 23.3 Å². The first kappa shape index (κ1) is 21.0. The molecule has 162 valence electrons. The number of nitrogens with zero attached hydrogens (tertiary/aromatic N) is 2. The Kier molecular flexibility index (Phi) is 4.85. The Bertz CT molecular complexity index is 1210. The van der Waals surface area contributed by atoms with Crippen LogP contribution in [-0.2, 0) is 12.1 Å². The summed E-state index contributed by atoms with van der Waals surface area (Å²) in [6, 6.07) is 0.547. The van der Waals surface area contributed by atoms with Crippen molar-refractivity contribution in [2.45, 2.75) is 31.1 Å². The number of alkyl halides is 3. The van der Waals surface area contributed by atoms with Crippen LogP contribution in [0.3, 0.4) is 0 Å². The third-order valence-corrected chi connectivity index (χ3v) is 5.27. The lowest BCUT2D eigenvalue weighted by molar-refractivity contribution is -0.178. The molecule has 4 rings (SSSR count). The lowest BCUT2D eigenvalue weighted by atomic mass is 9.85. The van der Waals surface area contributed by atoms with Gasteiger partial charge >= 0.3 is 12.2 Å². The molecule has 1 unspecified atom stereocenters. The molecule has 2 amide bonds. The van der Waals surface area contributed by atoms with Crippen LogP contribution in [-0.4, -0.2) is 21.8 Å². The smallest absolute Gasteiger partial charge is 0.392 e. The topological polar surface area (TPSA) is 102 Å². The fourth-order valence-electron chi connectivity index (χ4n) is 3.16. The van der Waals surface area contributed by atoms with Crippen LogP contribution in [0.4, 0.5) is 33.7 Å². The molecule has 0 bridgehead atoms. The molecule has 2 aromatic rings. The second-order valence-electron chi connectivity index (χ2n) is 7.24. The molecule has 0 radical (unpaired) electrons. The monoisotopic (exact) mass is 455 g/mol. The molecule has 12 heteroatoms. The van der Waals surface area contributed by atoms with Crippen molar-refractivity contribution in [2.24, 2.45) is 5.92 Å². The summed E-state index contributed by atoms with van der Waals surface area (Å²) in [5, 5.41) is 3.83. The molecule has 1 aliphatic heterocycles. The first-order valence-electron chi connectivity index (χ1n) is 9.04. The average molecular weight is 456 g/mol. The average Bonchev–Trinajstić information content (AvgIpc) is 3.51. The highest BCUT2D eigenvalue weighted by Gasteiger charge is 2.59. The molecule has 7 nitrogen and oxygen atoms in total. The zero-order valence-electron chi connectivity index (χ0n) is 15.6. The number of carbonyl (C=O) groups excluding carboxylic acids is 1. The molecule has 0 saturated heterocycles. The summed E-state index contributed by atoms with van der Waals surface area (Å²) in [6.07, 6.45) is -2.65. The largest absolute Gasteiger partial charge is 0.427 e. The van der Waals surface area contributed by atoms with Crippen LogP contribution in [0.1, 0.15) is 24.0 Å². The fourth-order valence-corrected chi connectivity index (χ4v) is 3.28. The molecule has 0 spiro atoms. The molecule has 1 atom stereocenters. The maximum absolute atomic E-state index is 14.9. The number of benzene rings is 1. The number of nitrogens with two attached hydrogens (primary N) is 1. The van der Waals surface area contributed by atoms with Crippen molar-refractivity contribution in [3.63, 3.8) is 0 Å². The number of fused-ring (bicyclic) bond motifs is 1. The Balaban J connectivity index is 1.83. The SMILES string of the molecule is Nc1c(Cl)ncn(Cc2cc3c(cc2F)C(C#CC2CC2)(C(F)(F)F)NC(=O)N3)c1=O. The lowest BCUT2D eigenvalue weighted by Crippen LogP contribution is -2.59. The van der Waals surface area contributed by atoms with Crippen molar-refractivity contribution in [1.29, 1.82) is 0 Å². The van der Waals surface area contributed by atoms with Crippen LogP contribution in [0.25, 0.3) is 0 Å². The zero-order valence-corrected chi connectivity index (χ0v) is 16.4. The van der Waals surface area contributed by atoms with E-state index < -0.39 is 41.2 Å². The number of aromatic nitrogens is 2. The van der Waals surface area contributed by atoms with Gasteiger partial charge in [0.2, 0.25) is 5.54 Å². The van der Waals surface area contributed by atoms with Crippen LogP contribution >= 0.6 is 11.6 Å². The molecular formula is C19H14ClF4N5O2. The van der Waals surface area contributed by atoms with E-state index in [4.69, 9.17) is 17.3 Å². The molecule has 4 N–H and O–H groups in total. The van der Waals surface area contributed by atoms with Gasteiger partial charge in [-0.2, -0.15) is 13.2 Å². The van der Waals surface area contributed by atoms with Crippen LogP contribution in [0, 0.1) is 23.6 Å². The summed E-state index contributed by atoms with van der Waals surface area (Å²) in [4.78, 5) is 27.9. The number of rotatable bonds is 2. The van der Waals surface area contributed by atoms with E-state index in [9.17, 15) is 27.2 Å². The van der Waals surface area contributed by atoms with Crippen LogP contribution in [0.5, 0.6) is 0 Å². The van der Waals surface area contributed by atoms with Gasteiger partial charge in [-0.3, -0.25) is 9.36 Å². The van der Waals surface area contributed by atoms with Gasteiger partial charge in [-0.25, -0.2) is 14.2 Å². The number of halogens is 5. The lowest BCUT2D eigenvalue weighted by Gasteiger charge is -2.37. The number of urea groups is 1. The molecule has 2 aliphatic rings. The van der Waals surface area contributed by atoms with Crippen molar-refractivity contribution in [1.82, 2.24) is 14.9 Å². The van der Waals surface area contributed by atoms with Crippen molar-refractivity contribution >= 4 is 29.0 Å². The van der Waals surface area contributed by atoms with Gasteiger partial charge in [0, 0.05) is 22.7 Å². The number of carbonyl (C=O) groups is 1. The number of hydrogen-bond acceptors (Lipinski definition) is 4. The van der Waals surface area contributed by atoms with E-state index in [0.29, 0.717) is 18.9 Å². The summed E-state index contributed by atoms with van der Waals surface area (Å²) < 4.78 is 58.1. The summed E-state index contributed by atoms with van der Waals surface area (Å²) in [5.41, 5.74) is 0.345. The molecule has 1 fully saturated rings. The predicted octanol–water partition coefficient (Wildman–Crippen LogP) is 2.97. The molecule has 1 saturated carbocycles. The van der Waals surface area contributed by atoms with E-state index in [1.165, 1.54) is 0 Å². The van der Waals surface area contributed by atoms with E-state index in [1.807, 2.05) is 5.32 Å². The van der Waals surface area contributed by atoms with Crippen LogP contribution in [0.2, 0.25) is 5.15 Å². The van der Waals surface area contributed by atoms with Gasteiger partial charge in [-0.1, -0.05) is 23.4 Å². The maximum Gasteiger partial charge on any atom is 0.427 e. The Morgan fingerprint density at radius 3 is 2.68 bits per heavy atom. The molecule has 31 heavy (non-hydrogen) atoms. The van der Waals surface area contributed by atoms with Gasteiger partial charge in [0.05, 0.1) is 12.9 Å². The van der Waals surface area contributed by atoms with Gasteiger partial charge < -0.3 is 16.4 Å². The number of nitrogens with one attached hydrogen (secondary N) is 2. The van der Waals surface area contributed by atoms with E-state index in [0.717, 1.165) is 17.0 Å². The maximum atomic E-state index is 14.9.